The number of thioether (sulfide) groups is 1. The van der Waals surface area contributed by atoms with Gasteiger partial charge in [-0.2, -0.15) is 0 Å². The quantitative estimate of drug-likeness (QED) is 0.837. The molecule has 96 valence electrons. The third kappa shape index (κ3) is 2.87. The smallest absolute Gasteiger partial charge is 0.228 e. The molecule has 0 aliphatic carbocycles. The van der Waals surface area contributed by atoms with E-state index in [1.54, 1.807) is 11.0 Å². The monoisotopic (exact) mass is 283 g/mol. The first-order chi connectivity index (χ1) is 8.47. The fraction of sp³-hybridized carbons (Fsp3) is 0.385. The van der Waals surface area contributed by atoms with Crippen molar-refractivity contribution >= 4 is 40.1 Å². The minimum Gasteiger partial charge on any atom is -0.311 e. The summed E-state index contributed by atoms with van der Waals surface area (Å²) in [6.45, 7) is 4.03. The normalized spacial score (nSPS) is 19.4. The van der Waals surface area contributed by atoms with Crippen molar-refractivity contribution in [2.24, 2.45) is 0 Å². The lowest BCUT2D eigenvalue weighted by molar-refractivity contribution is -0.117. The van der Waals surface area contributed by atoms with E-state index in [-0.39, 0.29) is 16.3 Å². The fourth-order valence-corrected chi connectivity index (χ4v) is 3.07. The molecular formula is C13H14ClNO2S. The first-order valence-electron chi connectivity index (χ1n) is 5.71. The predicted molar refractivity (Wildman–Crippen MR) is 75.2 cm³/mol. The van der Waals surface area contributed by atoms with Crippen molar-refractivity contribution in [3.05, 3.63) is 28.8 Å². The molecule has 2 rings (SSSR count). The molecule has 0 radical (unpaired) electrons. The van der Waals surface area contributed by atoms with Crippen LogP contribution in [0.2, 0.25) is 5.02 Å². The lowest BCUT2D eigenvalue weighted by Crippen LogP contribution is -2.24. The molecule has 1 amide bonds. The number of nitrogens with zero attached hydrogens (tertiary/aromatic N) is 1. The fourth-order valence-electron chi connectivity index (χ4n) is 2.03. The molecule has 3 nitrogen and oxygen atoms in total. The first-order valence-corrected chi connectivity index (χ1v) is 6.97. The van der Waals surface area contributed by atoms with E-state index >= 15 is 0 Å². The van der Waals surface area contributed by atoms with Crippen LogP contribution < -0.4 is 4.90 Å². The zero-order valence-electron chi connectivity index (χ0n) is 10.3. The number of amides is 1. The molecule has 0 aromatic heterocycles. The summed E-state index contributed by atoms with van der Waals surface area (Å²) in [5, 5.41) is 0.813. The van der Waals surface area contributed by atoms with Crippen molar-refractivity contribution in [1.29, 1.82) is 0 Å². The van der Waals surface area contributed by atoms with E-state index in [9.17, 15) is 9.59 Å². The van der Waals surface area contributed by atoms with Gasteiger partial charge in [0, 0.05) is 35.8 Å². The van der Waals surface area contributed by atoms with Gasteiger partial charge < -0.3 is 4.90 Å². The Bertz CT molecular complexity index is 504. The Morgan fingerprint density at radius 1 is 1.50 bits per heavy atom. The number of anilines is 1. The minimum absolute atomic E-state index is 0.0573. The van der Waals surface area contributed by atoms with Gasteiger partial charge in [0.2, 0.25) is 5.91 Å². The number of hydrogen-bond donors (Lipinski definition) is 0. The standard InChI is InChI=1S/C13H14ClNO2S/c1-8-5-10(3-4-12(8)14)15-7-11(6-13(15)17)18-9(2)16/h3-5,11H,6-7H2,1-2H3. The largest absolute Gasteiger partial charge is 0.311 e. The van der Waals surface area contributed by atoms with Crippen molar-refractivity contribution in [1.82, 2.24) is 0 Å². The zero-order chi connectivity index (χ0) is 13.3. The number of carbonyl (C=O) groups is 2. The number of hydrogen-bond acceptors (Lipinski definition) is 3. The molecule has 1 atom stereocenters. The first kappa shape index (κ1) is 13.4. The second-order valence-electron chi connectivity index (χ2n) is 4.37. The molecule has 18 heavy (non-hydrogen) atoms. The Kier molecular flexibility index (Phi) is 3.97. The van der Waals surface area contributed by atoms with Crippen molar-refractivity contribution < 1.29 is 9.59 Å². The molecule has 0 N–H and O–H groups in total. The van der Waals surface area contributed by atoms with Crippen molar-refractivity contribution in [2.45, 2.75) is 25.5 Å². The average molecular weight is 284 g/mol. The van der Waals surface area contributed by atoms with Crippen LogP contribution in [-0.4, -0.2) is 22.8 Å². The molecule has 0 spiro atoms. The highest BCUT2D eigenvalue weighted by Gasteiger charge is 2.31. The van der Waals surface area contributed by atoms with Crippen molar-refractivity contribution in [3.8, 4) is 0 Å². The van der Waals surface area contributed by atoms with Crippen LogP contribution in [0.3, 0.4) is 0 Å². The number of aryl methyl sites for hydroxylation is 1. The lowest BCUT2D eigenvalue weighted by atomic mass is 10.2. The number of rotatable bonds is 2. The molecular weight excluding hydrogens is 270 g/mol. The van der Waals surface area contributed by atoms with Gasteiger partial charge in [0.1, 0.15) is 0 Å². The maximum absolute atomic E-state index is 11.9. The summed E-state index contributed by atoms with van der Waals surface area (Å²) in [6.07, 6.45) is 0.423. The topological polar surface area (TPSA) is 37.4 Å². The summed E-state index contributed by atoms with van der Waals surface area (Å²) in [7, 11) is 0. The molecule has 1 aromatic rings. The molecule has 0 bridgehead atoms. The summed E-state index contributed by atoms with van der Waals surface area (Å²) in [4.78, 5) is 24.7. The Morgan fingerprint density at radius 2 is 2.22 bits per heavy atom. The second-order valence-corrected chi connectivity index (χ2v) is 6.26. The molecule has 1 unspecified atom stereocenters. The number of carbonyl (C=O) groups excluding carboxylic acids is 2. The molecule has 1 aromatic carbocycles. The van der Waals surface area contributed by atoms with Gasteiger partial charge in [-0.05, 0) is 30.7 Å². The molecule has 1 aliphatic rings. The van der Waals surface area contributed by atoms with Crippen LogP contribution in [0.1, 0.15) is 18.9 Å². The SMILES string of the molecule is CC(=O)SC1CC(=O)N(c2ccc(Cl)c(C)c2)C1. The van der Waals surface area contributed by atoms with E-state index in [4.69, 9.17) is 11.6 Å². The molecule has 1 fully saturated rings. The Hall–Kier alpha value is -1.00. The molecule has 0 saturated carbocycles. The van der Waals surface area contributed by atoms with Gasteiger partial charge >= 0.3 is 0 Å². The van der Waals surface area contributed by atoms with Crippen LogP contribution in [0, 0.1) is 6.92 Å². The lowest BCUT2D eigenvalue weighted by Gasteiger charge is -2.17. The highest BCUT2D eigenvalue weighted by atomic mass is 35.5. The van der Waals surface area contributed by atoms with Crippen LogP contribution in [0.5, 0.6) is 0 Å². The third-order valence-corrected chi connectivity index (χ3v) is 4.28. The second kappa shape index (κ2) is 5.33. The molecule has 1 heterocycles. The Balaban J connectivity index is 2.16. The van der Waals surface area contributed by atoms with E-state index in [0.29, 0.717) is 18.0 Å². The average Bonchev–Trinajstić information content (AvgIpc) is 2.62. The Morgan fingerprint density at radius 3 is 2.83 bits per heavy atom. The van der Waals surface area contributed by atoms with E-state index < -0.39 is 0 Å². The van der Waals surface area contributed by atoms with Gasteiger partial charge in [0.05, 0.1) is 0 Å². The van der Waals surface area contributed by atoms with Gasteiger partial charge in [-0.1, -0.05) is 23.4 Å². The number of halogens is 1. The molecule has 1 saturated heterocycles. The number of benzene rings is 1. The van der Waals surface area contributed by atoms with Gasteiger partial charge in [-0.25, -0.2) is 0 Å². The summed E-state index contributed by atoms with van der Waals surface area (Å²) in [5.74, 6) is 0.0653. The molecule has 5 heteroatoms. The van der Waals surface area contributed by atoms with Gasteiger partial charge in [-0.15, -0.1) is 0 Å². The summed E-state index contributed by atoms with van der Waals surface area (Å²) < 4.78 is 0. The Labute approximate surface area is 115 Å². The van der Waals surface area contributed by atoms with E-state index in [1.165, 1.54) is 18.7 Å². The zero-order valence-corrected chi connectivity index (χ0v) is 11.8. The van der Waals surface area contributed by atoms with Crippen LogP contribution in [0.4, 0.5) is 5.69 Å². The van der Waals surface area contributed by atoms with Gasteiger partial charge in [-0.3, -0.25) is 9.59 Å². The maximum atomic E-state index is 11.9. The van der Waals surface area contributed by atoms with Crippen LogP contribution in [-0.2, 0) is 9.59 Å². The summed E-state index contributed by atoms with van der Waals surface area (Å²) >= 11 is 7.21. The van der Waals surface area contributed by atoms with Crippen molar-refractivity contribution in [3.63, 3.8) is 0 Å². The maximum Gasteiger partial charge on any atom is 0.228 e. The van der Waals surface area contributed by atoms with Crippen LogP contribution in [0.25, 0.3) is 0 Å². The van der Waals surface area contributed by atoms with Gasteiger partial charge in [0.15, 0.2) is 5.12 Å². The third-order valence-electron chi connectivity index (χ3n) is 2.88. The predicted octanol–water partition coefficient (Wildman–Crippen LogP) is 3.03. The van der Waals surface area contributed by atoms with E-state index in [2.05, 4.69) is 0 Å². The summed E-state index contributed by atoms with van der Waals surface area (Å²) in [5.41, 5.74) is 1.80. The highest BCUT2D eigenvalue weighted by Crippen LogP contribution is 2.30. The summed E-state index contributed by atoms with van der Waals surface area (Å²) in [6, 6.07) is 5.54. The van der Waals surface area contributed by atoms with Crippen LogP contribution >= 0.6 is 23.4 Å². The van der Waals surface area contributed by atoms with E-state index in [1.807, 2.05) is 19.1 Å². The van der Waals surface area contributed by atoms with Crippen LogP contribution in [0.15, 0.2) is 18.2 Å². The highest BCUT2D eigenvalue weighted by molar-refractivity contribution is 8.14. The molecule has 1 aliphatic heterocycles. The van der Waals surface area contributed by atoms with Crippen molar-refractivity contribution in [2.75, 3.05) is 11.4 Å². The minimum atomic E-state index is 0.0573. The van der Waals surface area contributed by atoms with E-state index in [0.717, 1.165) is 11.3 Å². The van der Waals surface area contributed by atoms with Gasteiger partial charge in [0.25, 0.3) is 0 Å².